The molecule has 1 spiro atoms. The van der Waals surface area contributed by atoms with Crippen LogP contribution in [0.1, 0.15) is 79.5 Å². The number of unbranched alkanes of at least 4 members (excludes halogenated alkanes) is 2. The molecule has 6 heteroatoms. The molecule has 3 aliphatic heterocycles. The fourth-order valence-electron chi connectivity index (χ4n) is 4.51. The molecule has 1 saturated heterocycles. The molecule has 0 saturated carbocycles. The molecule has 4 rings (SSSR count). The Bertz CT molecular complexity index is 707. The predicted octanol–water partition coefficient (Wildman–Crippen LogP) is 3.94. The second-order valence-corrected chi connectivity index (χ2v) is 7.59. The number of ether oxygens (including phenoxy) is 3. The van der Waals surface area contributed by atoms with Crippen molar-refractivity contribution >= 4 is 5.97 Å². The van der Waals surface area contributed by atoms with Crippen molar-refractivity contribution in [1.82, 2.24) is 0 Å². The van der Waals surface area contributed by atoms with Crippen LogP contribution in [-0.2, 0) is 15.9 Å². The van der Waals surface area contributed by atoms with Crippen molar-refractivity contribution in [3.8, 4) is 11.5 Å². The lowest BCUT2D eigenvalue weighted by Crippen LogP contribution is -2.44. The smallest absolute Gasteiger partial charge is 0.343 e. The fraction of sp³-hybridized carbons (Fsp3) is 0.650. The molecule has 0 unspecified atom stereocenters. The van der Waals surface area contributed by atoms with Gasteiger partial charge in [0, 0.05) is 18.4 Å². The van der Waals surface area contributed by atoms with Crippen LogP contribution in [0.25, 0.3) is 0 Å². The number of carboxylic acids is 1. The van der Waals surface area contributed by atoms with E-state index in [4.69, 9.17) is 14.2 Å². The van der Waals surface area contributed by atoms with Crippen molar-refractivity contribution in [2.75, 3.05) is 6.61 Å². The zero-order chi connectivity index (χ0) is 18.3. The summed E-state index contributed by atoms with van der Waals surface area (Å²) in [4.78, 5) is 11.7. The molecule has 1 aromatic carbocycles. The van der Waals surface area contributed by atoms with Crippen LogP contribution in [0, 0.1) is 0 Å². The Balaban J connectivity index is 1.74. The van der Waals surface area contributed by atoms with Crippen LogP contribution in [0.3, 0.4) is 0 Å². The summed E-state index contributed by atoms with van der Waals surface area (Å²) < 4.78 is 18.3. The van der Waals surface area contributed by atoms with E-state index in [1.165, 1.54) is 6.42 Å². The van der Waals surface area contributed by atoms with E-state index in [-0.39, 0.29) is 29.3 Å². The largest absolute Gasteiger partial charge is 0.507 e. The third kappa shape index (κ3) is 2.95. The lowest BCUT2D eigenvalue weighted by atomic mass is 9.84. The summed E-state index contributed by atoms with van der Waals surface area (Å²) in [6, 6.07) is 1.58. The Morgan fingerprint density at radius 1 is 1.38 bits per heavy atom. The van der Waals surface area contributed by atoms with Crippen LogP contribution in [0.2, 0.25) is 0 Å². The monoisotopic (exact) mass is 362 g/mol. The SMILES string of the molecule is CCCCC[C@@H]1Cc2cc(O)c(C(=O)O)c3c2[C@H](C[C@@]2(CCCO2)O3)O1. The number of aromatic carboxylic acids is 1. The van der Waals surface area contributed by atoms with Gasteiger partial charge >= 0.3 is 5.97 Å². The Labute approximate surface area is 153 Å². The molecule has 6 nitrogen and oxygen atoms in total. The first kappa shape index (κ1) is 17.6. The maximum Gasteiger partial charge on any atom is 0.343 e. The Morgan fingerprint density at radius 2 is 2.23 bits per heavy atom. The van der Waals surface area contributed by atoms with Gasteiger partial charge in [0.25, 0.3) is 0 Å². The van der Waals surface area contributed by atoms with Gasteiger partial charge in [-0.15, -0.1) is 0 Å². The number of phenols is 1. The summed E-state index contributed by atoms with van der Waals surface area (Å²) in [5.41, 5.74) is 1.54. The second kappa shape index (κ2) is 6.74. The third-order valence-corrected chi connectivity index (χ3v) is 5.71. The highest BCUT2D eigenvalue weighted by atomic mass is 16.7. The molecule has 2 N–H and O–H groups in total. The molecule has 3 aliphatic rings. The second-order valence-electron chi connectivity index (χ2n) is 7.59. The summed E-state index contributed by atoms with van der Waals surface area (Å²) in [5, 5.41) is 19.9. The molecule has 0 amide bonds. The van der Waals surface area contributed by atoms with E-state index in [9.17, 15) is 15.0 Å². The van der Waals surface area contributed by atoms with Gasteiger partial charge in [0.15, 0.2) is 0 Å². The van der Waals surface area contributed by atoms with Crippen LogP contribution >= 0.6 is 0 Å². The highest BCUT2D eigenvalue weighted by molar-refractivity contribution is 5.95. The van der Waals surface area contributed by atoms with Gasteiger partial charge in [-0.25, -0.2) is 4.79 Å². The van der Waals surface area contributed by atoms with Gasteiger partial charge in [-0.2, -0.15) is 0 Å². The van der Waals surface area contributed by atoms with Crippen molar-refractivity contribution in [3.05, 3.63) is 22.8 Å². The van der Waals surface area contributed by atoms with Crippen molar-refractivity contribution < 1.29 is 29.2 Å². The molecule has 1 aromatic rings. The molecule has 3 heterocycles. The summed E-state index contributed by atoms with van der Waals surface area (Å²) in [7, 11) is 0. The third-order valence-electron chi connectivity index (χ3n) is 5.71. The minimum atomic E-state index is -1.20. The number of carbonyl (C=O) groups is 1. The molecule has 142 valence electrons. The maximum absolute atomic E-state index is 11.7. The molecular weight excluding hydrogens is 336 g/mol. The summed E-state index contributed by atoms with van der Waals surface area (Å²) in [6.45, 7) is 2.77. The van der Waals surface area contributed by atoms with Gasteiger partial charge in [0.2, 0.25) is 5.79 Å². The van der Waals surface area contributed by atoms with E-state index in [0.29, 0.717) is 25.9 Å². The first-order chi connectivity index (χ1) is 12.5. The number of rotatable bonds is 5. The predicted molar refractivity (Wildman–Crippen MR) is 93.7 cm³/mol. The average molecular weight is 362 g/mol. The van der Waals surface area contributed by atoms with E-state index < -0.39 is 11.8 Å². The van der Waals surface area contributed by atoms with Crippen LogP contribution in [0.5, 0.6) is 11.5 Å². The molecule has 3 atom stereocenters. The molecule has 1 fully saturated rings. The van der Waals surface area contributed by atoms with E-state index >= 15 is 0 Å². The zero-order valence-electron chi connectivity index (χ0n) is 15.1. The van der Waals surface area contributed by atoms with E-state index in [0.717, 1.165) is 36.8 Å². The number of carboxylic acid groups (broad SMARTS) is 1. The van der Waals surface area contributed by atoms with E-state index in [1.54, 1.807) is 6.07 Å². The van der Waals surface area contributed by atoms with Gasteiger partial charge in [-0.05, 0) is 30.9 Å². The molecule has 0 aliphatic carbocycles. The summed E-state index contributed by atoms with van der Waals surface area (Å²) >= 11 is 0. The van der Waals surface area contributed by atoms with Crippen molar-refractivity contribution in [1.29, 1.82) is 0 Å². The zero-order valence-corrected chi connectivity index (χ0v) is 15.1. The first-order valence-electron chi connectivity index (χ1n) is 9.63. The molecule has 0 radical (unpaired) electrons. The summed E-state index contributed by atoms with van der Waals surface area (Å²) in [5.74, 6) is -2.04. The van der Waals surface area contributed by atoms with Crippen LogP contribution in [0.15, 0.2) is 6.07 Å². The van der Waals surface area contributed by atoms with Crippen molar-refractivity contribution in [3.63, 3.8) is 0 Å². The van der Waals surface area contributed by atoms with Gasteiger partial charge in [-0.1, -0.05) is 26.2 Å². The standard InChI is InChI=1S/C20H26O6/c1-2-3-4-6-13-9-12-10-14(21)17(19(22)23)18-16(12)15(25-13)11-20(26-18)7-5-8-24-20/h10,13,15,21H,2-9,11H2,1H3,(H,22,23)/t13-,15+,20-/m1/s1. The van der Waals surface area contributed by atoms with Gasteiger partial charge < -0.3 is 24.4 Å². The number of hydrogen-bond donors (Lipinski definition) is 2. The Morgan fingerprint density at radius 3 is 2.92 bits per heavy atom. The van der Waals surface area contributed by atoms with Gasteiger partial charge in [0.05, 0.1) is 18.8 Å². The molecule has 26 heavy (non-hydrogen) atoms. The van der Waals surface area contributed by atoms with E-state index in [2.05, 4.69) is 6.92 Å². The average Bonchev–Trinajstić information content (AvgIpc) is 3.01. The normalized spacial score (nSPS) is 29.4. The summed E-state index contributed by atoms with van der Waals surface area (Å²) in [6.07, 6.45) is 7.06. The molecule has 0 aromatic heterocycles. The minimum Gasteiger partial charge on any atom is -0.507 e. The topological polar surface area (TPSA) is 85.2 Å². The van der Waals surface area contributed by atoms with Crippen LogP contribution < -0.4 is 4.74 Å². The molecular formula is C20H26O6. The van der Waals surface area contributed by atoms with Crippen LogP contribution in [-0.4, -0.2) is 34.7 Å². The fourth-order valence-corrected chi connectivity index (χ4v) is 4.51. The molecule has 0 bridgehead atoms. The first-order valence-corrected chi connectivity index (χ1v) is 9.63. The van der Waals surface area contributed by atoms with Gasteiger partial charge in [0.1, 0.15) is 17.1 Å². The quantitative estimate of drug-likeness (QED) is 0.772. The highest BCUT2D eigenvalue weighted by Crippen LogP contribution is 2.53. The van der Waals surface area contributed by atoms with Crippen molar-refractivity contribution in [2.24, 2.45) is 0 Å². The lowest BCUT2D eigenvalue weighted by molar-refractivity contribution is -0.197. The van der Waals surface area contributed by atoms with Crippen LogP contribution in [0.4, 0.5) is 0 Å². The number of hydrogen-bond acceptors (Lipinski definition) is 5. The van der Waals surface area contributed by atoms with E-state index in [1.807, 2.05) is 0 Å². The Kier molecular flexibility index (Phi) is 4.57. The Hall–Kier alpha value is -1.79. The number of benzene rings is 1. The van der Waals surface area contributed by atoms with Crippen molar-refractivity contribution in [2.45, 2.75) is 76.3 Å². The number of aromatic hydroxyl groups is 1. The maximum atomic E-state index is 11.7. The highest BCUT2D eigenvalue weighted by Gasteiger charge is 2.49. The lowest BCUT2D eigenvalue weighted by Gasteiger charge is -2.44. The minimum absolute atomic E-state index is 0.0820. The van der Waals surface area contributed by atoms with Gasteiger partial charge in [-0.3, -0.25) is 0 Å².